The predicted octanol–water partition coefficient (Wildman–Crippen LogP) is 1.00. The molecule has 3 aromatic rings. The third kappa shape index (κ3) is 4.52. The van der Waals surface area contributed by atoms with Crippen molar-refractivity contribution in [1.82, 2.24) is 20.2 Å². The van der Waals surface area contributed by atoms with E-state index in [1.54, 1.807) is 30.3 Å². The van der Waals surface area contributed by atoms with Gasteiger partial charge in [-0.05, 0) is 50.1 Å². The van der Waals surface area contributed by atoms with Crippen molar-refractivity contribution in [2.75, 3.05) is 0 Å². The molecule has 1 atom stereocenters. The summed E-state index contributed by atoms with van der Waals surface area (Å²) in [5, 5.41) is 26.9. The van der Waals surface area contributed by atoms with Crippen LogP contribution in [0.15, 0.2) is 60.0 Å². The Kier molecular flexibility index (Phi) is 7.15. The van der Waals surface area contributed by atoms with Gasteiger partial charge in [0.05, 0.1) is 14.6 Å². The summed E-state index contributed by atoms with van der Waals surface area (Å²) < 4.78 is 7.72. The third-order valence-electron chi connectivity index (χ3n) is 4.13. The van der Waals surface area contributed by atoms with Gasteiger partial charge in [0.1, 0.15) is 6.07 Å². The Hall–Kier alpha value is -2.27. The Labute approximate surface area is 213 Å². The molecular weight excluding hydrogens is 547 g/mol. The monoisotopic (exact) mass is 556 g/mol. The summed E-state index contributed by atoms with van der Waals surface area (Å²) in [4.78, 5) is 25.7. The number of ether oxygens (including phenoxy) is 1. The van der Waals surface area contributed by atoms with E-state index in [1.165, 1.54) is 12.1 Å². The number of hydrazone groups is 1. The van der Waals surface area contributed by atoms with E-state index in [0.717, 1.165) is 4.68 Å². The van der Waals surface area contributed by atoms with Crippen LogP contribution in [0.4, 0.5) is 0 Å². The van der Waals surface area contributed by atoms with Gasteiger partial charge >= 0.3 is 35.2 Å². The van der Waals surface area contributed by atoms with Crippen molar-refractivity contribution >= 4 is 67.3 Å². The zero-order chi connectivity index (χ0) is 21.4. The SMILES string of the molecule is N#Cc1nn(-c2cc(Br)c(OC3=NNC(O)c4ccccc43)c(Br)c2)c(=O)[nH]c1=O.[NaH]. The van der Waals surface area contributed by atoms with Crippen molar-refractivity contribution in [3.63, 3.8) is 0 Å². The third-order valence-corrected chi connectivity index (χ3v) is 5.31. The fourth-order valence-electron chi connectivity index (χ4n) is 2.77. The van der Waals surface area contributed by atoms with E-state index in [-0.39, 0.29) is 41.1 Å². The Morgan fingerprint density at radius 2 is 1.87 bits per heavy atom. The molecule has 31 heavy (non-hydrogen) atoms. The van der Waals surface area contributed by atoms with Gasteiger partial charge in [0, 0.05) is 11.1 Å². The number of hydrogen-bond acceptors (Lipinski definition) is 8. The van der Waals surface area contributed by atoms with Gasteiger partial charge in [-0.15, -0.1) is 10.2 Å². The van der Waals surface area contributed by atoms with Gasteiger partial charge in [-0.25, -0.2) is 4.79 Å². The van der Waals surface area contributed by atoms with Crippen LogP contribution in [0.5, 0.6) is 5.75 Å². The number of aliphatic hydroxyl groups excluding tert-OH is 1. The van der Waals surface area contributed by atoms with Gasteiger partial charge < -0.3 is 9.84 Å². The van der Waals surface area contributed by atoms with Crippen LogP contribution >= 0.6 is 31.9 Å². The second-order valence-electron chi connectivity index (χ2n) is 6.01. The standard InChI is InChI=1S/C18H10Br2N6O4.Na.H/c19-11-5-8(26-18(29)22-16(28)13(7-21)25-26)6-12(20)14(11)30-17-10-4-2-1-3-9(10)15(27)23-24-17;;/h1-6,15,23,27H,(H,22,28,29);;. The Bertz CT molecular complexity index is 1340. The summed E-state index contributed by atoms with van der Waals surface area (Å²) in [7, 11) is 0. The fourth-order valence-corrected chi connectivity index (χ4v) is 4.09. The number of aliphatic hydroxyl groups is 1. The maximum absolute atomic E-state index is 12.1. The Morgan fingerprint density at radius 1 is 1.19 bits per heavy atom. The van der Waals surface area contributed by atoms with Gasteiger partial charge in [0.25, 0.3) is 5.56 Å². The summed E-state index contributed by atoms with van der Waals surface area (Å²) in [6.07, 6.45) is -0.949. The van der Waals surface area contributed by atoms with E-state index in [4.69, 9.17) is 10.00 Å². The van der Waals surface area contributed by atoms with E-state index in [1.807, 2.05) is 4.98 Å². The van der Waals surface area contributed by atoms with Crippen molar-refractivity contribution < 1.29 is 9.84 Å². The topological polar surface area (TPSA) is 145 Å². The van der Waals surface area contributed by atoms with Crippen LogP contribution in [0.1, 0.15) is 23.0 Å². The molecule has 0 spiro atoms. The van der Waals surface area contributed by atoms with Crippen LogP contribution in [0.25, 0.3) is 5.69 Å². The molecular formula is C18H11Br2N6NaO4. The molecule has 3 N–H and O–H groups in total. The first-order valence-corrected chi connectivity index (χ1v) is 9.89. The van der Waals surface area contributed by atoms with Crippen LogP contribution in [0, 0.1) is 11.3 Å². The van der Waals surface area contributed by atoms with E-state index in [0.29, 0.717) is 25.8 Å². The first-order valence-electron chi connectivity index (χ1n) is 8.30. The Balaban J connectivity index is 0.00000272. The second kappa shape index (κ2) is 9.47. The van der Waals surface area contributed by atoms with E-state index < -0.39 is 23.2 Å². The number of fused-ring (bicyclic) bond motifs is 1. The molecule has 0 amide bonds. The van der Waals surface area contributed by atoms with Gasteiger partial charge in [-0.3, -0.25) is 15.2 Å². The van der Waals surface area contributed by atoms with Crippen LogP contribution in [-0.2, 0) is 0 Å². The zero-order valence-electron chi connectivity index (χ0n) is 14.8. The first-order chi connectivity index (χ1) is 14.4. The molecule has 1 aliphatic rings. The van der Waals surface area contributed by atoms with Crippen molar-refractivity contribution in [2.24, 2.45) is 5.10 Å². The maximum atomic E-state index is 12.1. The zero-order valence-corrected chi connectivity index (χ0v) is 17.9. The minimum absolute atomic E-state index is 0. The molecule has 1 aliphatic heterocycles. The molecule has 2 heterocycles. The summed E-state index contributed by atoms with van der Waals surface area (Å²) in [6, 6.07) is 11.8. The normalized spacial score (nSPS) is 14.4. The molecule has 0 aliphatic carbocycles. The van der Waals surface area contributed by atoms with E-state index in [2.05, 4.69) is 47.5 Å². The van der Waals surface area contributed by atoms with E-state index in [9.17, 15) is 14.7 Å². The molecule has 4 rings (SSSR count). The molecule has 0 fully saturated rings. The first kappa shape index (κ1) is 23.4. The summed E-state index contributed by atoms with van der Waals surface area (Å²) in [5.41, 5.74) is 1.98. The number of H-pyrrole nitrogens is 1. The van der Waals surface area contributed by atoms with Crippen molar-refractivity contribution in [3.8, 4) is 17.5 Å². The molecule has 2 aromatic carbocycles. The molecule has 0 radical (unpaired) electrons. The fraction of sp³-hybridized carbons (Fsp3) is 0.0556. The van der Waals surface area contributed by atoms with Crippen LogP contribution in [0.2, 0.25) is 0 Å². The number of nitrogens with one attached hydrogen (secondary N) is 2. The van der Waals surface area contributed by atoms with Gasteiger partial charge in [-0.2, -0.15) is 9.94 Å². The molecule has 13 heteroatoms. The average Bonchev–Trinajstić information content (AvgIpc) is 2.72. The van der Waals surface area contributed by atoms with Gasteiger partial charge in [0.2, 0.25) is 11.6 Å². The van der Waals surface area contributed by atoms with Crippen LogP contribution in [0.3, 0.4) is 0 Å². The van der Waals surface area contributed by atoms with Gasteiger partial charge in [-0.1, -0.05) is 18.2 Å². The number of hydrogen-bond donors (Lipinski definition) is 3. The second-order valence-corrected chi connectivity index (χ2v) is 7.72. The predicted molar refractivity (Wildman–Crippen MR) is 119 cm³/mol. The molecule has 0 saturated carbocycles. The van der Waals surface area contributed by atoms with Gasteiger partial charge in [0.15, 0.2) is 12.0 Å². The molecule has 0 saturated heterocycles. The van der Waals surface area contributed by atoms with E-state index >= 15 is 0 Å². The molecule has 1 aromatic heterocycles. The number of nitrogens with zero attached hydrogens (tertiary/aromatic N) is 4. The van der Waals surface area contributed by atoms with Crippen LogP contribution in [-0.4, -0.2) is 55.3 Å². The summed E-state index contributed by atoms with van der Waals surface area (Å²) in [5.74, 6) is 0.583. The number of nitriles is 1. The number of halogens is 2. The van der Waals surface area contributed by atoms with Crippen molar-refractivity contribution in [3.05, 3.63) is 83.0 Å². The number of benzene rings is 2. The van der Waals surface area contributed by atoms with Crippen molar-refractivity contribution in [1.29, 1.82) is 5.26 Å². The minimum atomic E-state index is -0.949. The summed E-state index contributed by atoms with van der Waals surface area (Å²) >= 11 is 6.78. The number of rotatable bonds is 2. The van der Waals surface area contributed by atoms with Crippen LogP contribution < -0.4 is 21.4 Å². The quantitative estimate of drug-likeness (QED) is 0.398. The number of aromatic nitrogens is 3. The molecule has 152 valence electrons. The summed E-state index contributed by atoms with van der Waals surface area (Å²) in [6.45, 7) is 0. The molecule has 1 unspecified atom stereocenters. The Morgan fingerprint density at radius 3 is 2.55 bits per heavy atom. The van der Waals surface area contributed by atoms with Crippen molar-refractivity contribution in [2.45, 2.75) is 6.23 Å². The molecule has 0 bridgehead atoms. The molecule has 10 nitrogen and oxygen atoms in total. The number of aromatic amines is 1. The average molecular weight is 558 g/mol.